The second-order valence-electron chi connectivity index (χ2n) is 5.25. The van der Waals surface area contributed by atoms with Gasteiger partial charge in [-0.05, 0) is 12.1 Å². The van der Waals surface area contributed by atoms with Crippen LogP contribution in [-0.2, 0) is 14.6 Å². The molecule has 0 aliphatic carbocycles. The molecule has 1 N–H and O–H groups in total. The standard InChI is InChI=1S/C14H16N4O4S/c1-23(20,21)12-8-16-17-13(12)11-9-22-6-5-18(11)14(19)10-3-2-4-15-7-10/h2-4,7-8,11H,5-6,9H2,1H3,(H,16,17). The number of H-pyrrole nitrogens is 1. The maximum absolute atomic E-state index is 12.7. The van der Waals surface area contributed by atoms with E-state index < -0.39 is 15.9 Å². The number of aromatic nitrogens is 3. The smallest absolute Gasteiger partial charge is 0.256 e. The molecule has 122 valence electrons. The van der Waals surface area contributed by atoms with Crippen LogP contribution in [0.3, 0.4) is 0 Å². The van der Waals surface area contributed by atoms with Gasteiger partial charge in [-0.15, -0.1) is 0 Å². The van der Waals surface area contributed by atoms with Crippen LogP contribution in [0, 0.1) is 0 Å². The molecule has 1 fully saturated rings. The van der Waals surface area contributed by atoms with Crippen LogP contribution in [0.4, 0.5) is 0 Å². The molecule has 0 bridgehead atoms. The number of hydrogen-bond acceptors (Lipinski definition) is 6. The summed E-state index contributed by atoms with van der Waals surface area (Å²) in [4.78, 5) is 18.3. The fraction of sp³-hybridized carbons (Fsp3) is 0.357. The molecule has 1 atom stereocenters. The quantitative estimate of drug-likeness (QED) is 0.871. The average molecular weight is 336 g/mol. The van der Waals surface area contributed by atoms with Crippen LogP contribution in [0.15, 0.2) is 35.6 Å². The minimum Gasteiger partial charge on any atom is -0.377 e. The Morgan fingerprint density at radius 2 is 2.26 bits per heavy atom. The number of amides is 1. The summed E-state index contributed by atoms with van der Waals surface area (Å²) in [6.07, 6.45) is 5.44. The average Bonchev–Trinajstić information content (AvgIpc) is 3.05. The molecule has 8 nitrogen and oxygen atoms in total. The minimum absolute atomic E-state index is 0.0805. The summed E-state index contributed by atoms with van der Waals surface area (Å²) in [6, 6.07) is 2.82. The number of nitrogens with one attached hydrogen (secondary N) is 1. The number of rotatable bonds is 3. The van der Waals surface area contributed by atoms with E-state index >= 15 is 0 Å². The van der Waals surface area contributed by atoms with Crippen LogP contribution >= 0.6 is 0 Å². The molecule has 1 aliphatic rings. The van der Waals surface area contributed by atoms with Crippen molar-refractivity contribution in [3.8, 4) is 0 Å². The summed E-state index contributed by atoms with van der Waals surface area (Å²) in [5.74, 6) is -0.222. The van der Waals surface area contributed by atoms with E-state index in [1.165, 1.54) is 12.4 Å². The summed E-state index contributed by atoms with van der Waals surface area (Å²) in [5.41, 5.74) is 0.810. The van der Waals surface area contributed by atoms with Gasteiger partial charge in [-0.3, -0.25) is 14.9 Å². The fourth-order valence-electron chi connectivity index (χ4n) is 2.56. The third kappa shape index (κ3) is 3.10. The van der Waals surface area contributed by atoms with Crippen molar-refractivity contribution in [1.29, 1.82) is 0 Å². The molecule has 2 aromatic rings. The lowest BCUT2D eigenvalue weighted by Gasteiger charge is -2.35. The molecule has 3 rings (SSSR count). The van der Waals surface area contributed by atoms with Gasteiger partial charge in [0.2, 0.25) is 0 Å². The molecule has 23 heavy (non-hydrogen) atoms. The number of pyridine rings is 1. The first-order valence-electron chi connectivity index (χ1n) is 7.00. The Hall–Kier alpha value is -2.26. The molecule has 2 aromatic heterocycles. The van der Waals surface area contributed by atoms with Crippen molar-refractivity contribution >= 4 is 15.7 Å². The Morgan fingerprint density at radius 1 is 1.43 bits per heavy atom. The highest BCUT2D eigenvalue weighted by Crippen LogP contribution is 2.28. The predicted octanol–water partition coefficient (Wildman–Crippen LogP) is 0.422. The topological polar surface area (TPSA) is 105 Å². The van der Waals surface area contributed by atoms with E-state index in [9.17, 15) is 13.2 Å². The lowest BCUT2D eigenvalue weighted by atomic mass is 10.1. The van der Waals surface area contributed by atoms with Gasteiger partial charge >= 0.3 is 0 Å². The van der Waals surface area contributed by atoms with E-state index in [4.69, 9.17) is 4.74 Å². The first kappa shape index (κ1) is 15.6. The molecule has 0 aromatic carbocycles. The van der Waals surface area contributed by atoms with Crippen molar-refractivity contribution in [3.05, 3.63) is 42.0 Å². The van der Waals surface area contributed by atoms with Crippen molar-refractivity contribution < 1.29 is 17.9 Å². The van der Waals surface area contributed by atoms with E-state index in [0.29, 0.717) is 24.4 Å². The number of hydrogen-bond donors (Lipinski definition) is 1. The van der Waals surface area contributed by atoms with Crippen molar-refractivity contribution in [2.45, 2.75) is 10.9 Å². The molecule has 0 spiro atoms. The molecule has 0 radical (unpaired) electrons. The van der Waals surface area contributed by atoms with E-state index in [-0.39, 0.29) is 17.4 Å². The second-order valence-corrected chi connectivity index (χ2v) is 7.24. The highest BCUT2D eigenvalue weighted by molar-refractivity contribution is 7.90. The summed E-state index contributed by atoms with van der Waals surface area (Å²) >= 11 is 0. The largest absolute Gasteiger partial charge is 0.377 e. The lowest BCUT2D eigenvalue weighted by molar-refractivity contribution is -0.00470. The molecule has 1 amide bonds. The van der Waals surface area contributed by atoms with Crippen LogP contribution in [-0.4, -0.2) is 60.4 Å². The number of morpholine rings is 1. The summed E-state index contributed by atoms with van der Waals surface area (Å²) in [6.45, 7) is 0.960. The monoisotopic (exact) mass is 336 g/mol. The molecular weight excluding hydrogens is 320 g/mol. The van der Waals surface area contributed by atoms with E-state index in [1.54, 1.807) is 23.2 Å². The van der Waals surface area contributed by atoms with Crippen LogP contribution in [0.5, 0.6) is 0 Å². The number of sulfone groups is 1. The third-order valence-electron chi connectivity index (χ3n) is 3.66. The van der Waals surface area contributed by atoms with Gasteiger partial charge in [0.25, 0.3) is 5.91 Å². The van der Waals surface area contributed by atoms with Gasteiger partial charge < -0.3 is 9.64 Å². The number of carbonyl (C=O) groups excluding carboxylic acids is 1. The van der Waals surface area contributed by atoms with E-state index in [1.807, 2.05) is 0 Å². The maximum Gasteiger partial charge on any atom is 0.256 e. The maximum atomic E-state index is 12.7. The van der Waals surface area contributed by atoms with E-state index in [0.717, 1.165) is 6.26 Å². The lowest BCUT2D eigenvalue weighted by Crippen LogP contribution is -2.44. The summed E-state index contributed by atoms with van der Waals surface area (Å²) in [5, 5.41) is 6.52. The van der Waals surface area contributed by atoms with Crippen molar-refractivity contribution in [3.63, 3.8) is 0 Å². The van der Waals surface area contributed by atoms with Crippen molar-refractivity contribution in [2.75, 3.05) is 26.0 Å². The summed E-state index contributed by atoms with van der Waals surface area (Å²) in [7, 11) is -3.45. The van der Waals surface area contributed by atoms with Crippen LogP contribution in [0.25, 0.3) is 0 Å². The van der Waals surface area contributed by atoms with Crippen molar-refractivity contribution in [1.82, 2.24) is 20.1 Å². The highest BCUT2D eigenvalue weighted by Gasteiger charge is 2.33. The van der Waals surface area contributed by atoms with Gasteiger partial charge in [0.1, 0.15) is 4.90 Å². The van der Waals surface area contributed by atoms with Gasteiger partial charge in [-0.1, -0.05) is 0 Å². The Kier molecular flexibility index (Phi) is 4.14. The normalized spacial score (nSPS) is 18.8. The van der Waals surface area contributed by atoms with Gasteiger partial charge in [0, 0.05) is 25.2 Å². The van der Waals surface area contributed by atoms with Crippen LogP contribution < -0.4 is 0 Å². The zero-order valence-corrected chi connectivity index (χ0v) is 13.3. The van der Waals surface area contributed by atoms with Gasteiger partial charge in [0.15, 0.2) is 9.84 Å². The molecule has 1 saturated heterocycles. The Bertz CT molecular complexity index is 803. The highest BCUT2D eigenvalue weighted by atomic mass is 32.2. The summed E-state index contributed by atoms with van der Waals surface area (Å²) < 4.78 is 29.2. The van der Waals surface area contributed by atoms with Gasteiger partial charge in [0.05, 0.1) is 36.7 Å². The number of nitrogens with zero attached hydrogens (tertiary/aromatic N) is 3. The number of aromatic amines is 1. The molecular formula is C14H16N4O4S. The zero-order chi connectivity index (χ0) is 16.4. The van der Waals surface area contributed by atoms with Gasteiger partial charge in [-0.2, -0.15) is 5.10 Å². The third-order valence-corrected chi connectivity index (χ3v) is 4.79. The Balaban J connectivity index is 1.97. The zero-order valence-electron chi connectivity index (χ0n) is 12.5. The Morgan fingerprint density at radius 3 is 2.96 bits per heavy atom. The van der Waals surface area contributed by atoms with Crippen LogP contribution in [0.2, 0.25) is 0 Å². The van der Waals surface area contributed by atoms with Gasteiger partial charge in [-0.25, -0.2) is 8.42 Å². The fourth-order valence-corrected chi connectivity index (χ4v) is 3.39. The molecule has 9 heteroatoms. The SMILES string of the molecule is CS(=O)(=O)c1cn[nH]c1C1COCCN1C(=O)c1cccnc1. The molecule has 0 saturated carbocycles. The Labute approximate surface area is 133 Å². The predicted molar refractivity (Wildman–Crippen MR) is 80.5 cm³/mol. The second kappa shape index (κ2) is 6.09. The molecule has 3 heterocycles. The molecule has 1 aliphatic heterocycles. The van der Waals surface area contributed by atoms with E-state index in [2.05, 4.69) is 15.2 Å². The first-order chi connectivity index (χ1) is 11.0. The number of ether oxygens (including phenoxy) is 1. The van der Waals surface area contributed by atoms with Crippen LogP contribution in [0.1, 0.15) is 22.1 Å². The number of carbonyl (C=O) groups is 1. The minimum atomic E-state index is -3.45. The molecule has 1 unspecified atom stereocenters. The van der Waals surface area contributed by atoms with Crippen molar-refractivity contribution in [2.24, 2.45) is 0 Å². The first-order valence-corrected chi connectivity index (χ1v) is 8.89.